The van der Waals surface area contributed by atoms with Gasteiger partial charge in [-0.15, -0.1) is 0 Å². The summed E-state index contributed by atoms with van der Waals surface area (Å²) in [6, 6.07) is 1.06. The van der Waals surface area contributed by atoms with Crippen molar-refractivity contribution in [1.82, 2.24) is 10.2 Å². The highest BCUT2D eigenvalue weighted by atomic mass is 16.1. The van der Waals surface area contributed by atoms with E-state index < -0.39 is 0 Å². The van der Waals surface area contributed by atoms with Gasteiger partial charge in [-0.05, 0) is 32.2 Å². The number of hydrogen-bond acceptors (Lipinski definition) is 2. The van der Waals surface area contributed by atoms with Crippen LogP contribution in [0.3, 0.4) is 0 Å². The van der Waals surface area contributed by atoms with Gasteiger partial charge in [0.1, 0.15) is 0 Å². The molecule has 0 aromatic carbocycles. The van der Waals surface area contributed by atoms with Gasteiger partial charge in [-0.2, -0.15) is 0 Å². The Hall–Kier alpha value is -0.570. The number of nitrogens with zero attached hydrogens (tertiary/aromatic N) is 1. The molecule has 1 amide bonds. The van der Waals surface area contributed by atoms with Crippen molar-refractivity contribution in [3.05, 3.63) is 0 Å². The van der Waals surface area contributed by atoms with E-state index >= 15 is 0 Å². The molecule has 2 aliphatic heterocycles. The number of rotatable bonds is 3. The highest BCUT2D eigenvalue weighted by Gasteiger charge is 2.37. The van der Waals surface area contributed by atoms with Gasteiger partial charge >= 0.3 is 0 Å². The molecule has 1 N–H and O–H groups in total. The predicted octanol–water partition coefficient (Wildman–Crippen LogP) is 1.39. The van der Waals surface area contributed by atoms with E-state index in [0.717, 1.165) is 12.8 Å². The van der Waals surface area contributed by atoms with Crippen molar-refractivity contribution >= 4 is 5.91 Å². The first kappa shape index (κ1) is 10.9. The Labute approximate surface area is 92.2 Å². The van der Waals surface area contributed by atoms with Crippen molar-refractivity contribution < 1.29 is 4.79 Å². The minimum atomic E-state index is 0.167. The Bertz CT molecular complexity index is 242. The summed E-state index contributed by atoms with van der Waals surface area (Å²) in [6.45, 7) is 6.49. The lowest BCUT2D eigenvalue weighted by Gasteiger charge is -2.22. The van der Waals surface area contributed by atoms with Crippen LogP contribution >= 0.6 is 0 Å². The monoisotopic (exact) mass is 210 g/mol. The van der Waals surface area contributed by atoms with Gasteiger partial charge < -0.3 is 5.32 Å². The first-order valence-electron chi connectivity index (χ1n) is 6.26. The van der Waals surface area contributed by atoms with E-state index in [1.165, 1.54) is 25.9 Å². The second-order valence-electron chi connectivity index (χ2n) is 4.96. The fourth-order valence-corrected chi connectivity index (χ4v) is 2.76. The smallest absolute Gasteiger partial charge is 0.223 e. The van der Waals surface area contributed by atoms with E-state index in [2.05, 4.69) is 17.1 Å². The number of hydrogen-bond donors (Lipinski definition) is 1. The molecule has 3 heteroatoms. The van der Waals surface area contributed by atoms with E-state index in [1.807, 2.05) is 6.92 Å². The molecule has 0 bridgehead atoms. The zero-order chi connectivity index (χ0) is 10.8. The Kier molecular flexibility index (Phi) is 3.29. The molecule has 2 fully saturated rings. The molecule has 86 valence electrons. The largest absolute Gasteiger partial charge is 0.352 e. The quantitative estimate of drug-likeness (QED) is 0.763. The van der Waals surface area contributed by atoms with Gasteiger partial charge in [0.2, 0.25) is 5.91 Å². The van der Waals surface area contributed by atoms with Gasteiger partial charge in [0, 0.05) is 24.5 Å². The maximum Gasteiger partial charge on any atom is 0.223 e. The third kappa shape index (κ3) is 2.17. The van der Waals surface area contributed by atoms with E-state index in [0.29, 0.717) is 12.1 Å². The van der Waals surface area contributed by atoms with Crippen LogP contribution in [-0.4, -0.2) is 36.0 Å². The summed E-state index contributed by atoms with van der Waals surface area (Å²) in [5.41, 5.74) is 0. The summed E-state index contributed by atoms with van der Waals surface area (Å²) in [6.07, 6.45) is 4.66. The van der Waals surface area contributed by atoms with E-state index in [1.54, 1.807) is 0 Å². The first-order valence-corrected chi connectivity index (χ1v) is 6.26. The van der Waals surface area contributed by atoms with Crippen molar-refractivity contribution in [3.63, 3.8) is 0 Å². The summed E-state index contributed by atoms with van der Waals surface area (Å²) in [5, 5.41) is 3.22. The lowest BCUT2D eigenvalue weighted by atomic mass is 10.0. The summed E-state index contributed by atoms with van der Waals surface area (Å²) in [4.78, 5) is 14.3. The highest BCUT2D eigenvalue weighted by molar-refractivity contribution is 5.78. The van der Waals surface area contributed by atoms with Crippen LogP contribution in [0.25, 0.3) is 0 Å². The molecular formula is C12H22N2O. The second-order valence-corrected chi connectivity index (χ2v) is 4.96. The average Bonchev–Trinajstić information content (AvgIpc) is 2.81. The number of nitrogens with one attached hydrogen (secondary N) is 1. The minimum absolute atomic E-state index is 0.167. The van der Waals surface area contributed by atoms with Gasteiger partial charge in [0.25, 0.3) is 0 Å². The Balaban J connectivity index is 1.87. The predicted molar refractivity (Wildman–Crippen MR) is 60.6 cm³/mol. The van der Waals surface area contributed by atoms with Crippen LogP contribution in [0.15, 0.2) is 0 Å². The minimum Gasteiger partial charge on any atom is -0.352 e. The molecule has 15 heavy (non-hydrogen) atoms. The molecule has 3 atom stereocenters. The molecule has 2 saturated heterocycles. The molecule has 0 aromatic heterocycles. The zero-order valence-corrected chi connectivity index (χ0v) is 9.83. The van der Waals surface area contributed by atoms with Crippen molar-refractivity contribution in [2.75, 3.05) is 13.1 Å². The van der Waals surface area contributed by atoms with Gasteiger partial charge in [0.15, 0.2) is 0 Å². The maximum atomic E-state index is 11.8. The third-order valence-electron chi connectivity index (χ3n) is 3.99. The molecular weight excluding hydrogens is 188 g/mol. The van der Waals surface area contributed by atoms with Gasteiger partial charge in [-0.3, -0.25) is 9.69 Å². The van der Waals surface area contributed by atoms with Gasteiger partial charge in [-0.1, -0.05) is 13.8 Å². The molecule has 0 aliphatic carbocycles. The Morgan fingerprint density at radius 3 is 3.00 bits per heavy atom. The molecule has 1 unspecified atom stereocenters. The molecule has 0 saturated carbocycles. The van der Waals surface area contributed by atoms with Crippen LogP contribution in [0, 0.1) is 5.92 Å². The molecule has 3 nitrogen and oxygen atoms in total. The first-order chi connectivity index (χ1) is 7.22. The van der Waals surface area contributed by atoms with Crippen LogP contribution in [0.4, 0.5) is 0 Å². The third-order valence-corrected chi connectivity index (χ3v) is 3.99. The summed E-state index contributed by atoms with van der Waals surface area (Å²) < 4.78 is 0. The van der Waals surface area contributed by atoms with Crippen LogP contribution in [0.2, 0.25) is 0 Å². The average molecular weight is 210 g/mol. The van der Waals surface area contributed by atoms with Crippen molar-refractivity contribution in [2.24, 2.45) is 5.92 Å². The topological polar surface area (TPSA) is 32.3 Å². The standard InChI is InChI=1S/C12H22N2O/c1-3-9(2)12(15)13-10-6-8-14-7-4-5-11(10)14/h9-11H,3-8H2,1-2H3,(H,13,15)/t9?,10-,11+/m0/s1. The fourth-order valence-electron chi connectivity index (χ4n) is 2.76. The summed E-state index contributed by atoms with van der Waals surface area (Å²) in [5.74, 6) is 0.414. The molecule has 2 heterocycles. The highest BCUT2D eigenvalue weighted by Crippen LogP contribution is 2.28. The molecule has 0 radical (unpaired) electrons. The van der Waals surface area contributed by atoms with E-state index in [-0.39, 0.29) is 11.8 Å². The Morgan fingerprint density at radius 1 is 1.47 bits per heavy atom. The van der Waals surface area contributed by atoms with Crippen LogP contribution < -0.4 is 5.32 Å². The van der Waals surface area contributed by atoms with Crippen molar-refractivity contribution in [3.8, 4) is 0 Å². The zero-order valence-electron chi connectivity index (χ0n) is 9.83. The van der Waals surface area contributed by atoms with Crippen LogP contribution in [-0.2, 0) is 4.79 Å². The number of carbonyl (C=O) groups excluding carboxylic acids is 1. The molecule has 2 rings (SSSR count). The van der Waals surface area contributed by atoms with Crippen molar-refractivity contribution in [2.45, 2.75) is 51.6 Å². The maximum absolute atomic E-state index is 11.8. The van der Waals surface area contributed by atoms with Gasteiger partial charge in [0.05, 0.1) is 0 Å². The molecule has 0 aromatic rings. The Morgan fingerprint density at radius 2 is 2.27 bits per heavy atom. The second kappa shape index (κ2) is 4.52. The normalized spacial score (nSPS) is 32.7. The summed E-state index contributed by atoms with van der Waals surface area (Å²) >= 11 is 0. The number of fused-ring (bicyclic) bond motifs is 1. The van der Waals surface area contributed by atoms with E-state index in [4.69, 9.17) is 0 Å². The summed E-state index contributed by atoms with van der Waals surface area (Å²) in [7, 11) is 0. The van der Waals surface area contributed by atoms with Crippen LogP contribution in [0.5, 0.6) is 0 Å². The van der Waals surface area contributed by atoms with Crippen LogP contribution in [0.1, 0.15) is 39.5 Å². The number of amides is 1. The van der Waals surface area contributed by atoms with Crippen molar-refractivity contribution in [1.29, 1.82) is 0 Å². The van der Waals surface area contributed by atoms with E-state index in [9.17, 15) is 4.79 Å². The lowest BCUT2D eigenvalue weighted by molar-refractivity contribution is -0.125. The number of carbonyl (C=O) groups is 1. The molecule has 2 aliphatic rings. The fraction of sp³-hybridized carbons (Fsp3) is 0.917. The lowest BCUT2D eigenvalue weighted by Crippen LogP contribution is -2.44. The SMILES string of the molecule is CCC(C)C(=O)N[C@H]1CCN2CCC[C@H]12. The van der Waals surface area contributed by atoms with Gasteiger partial charge in [-0.25, -0.2) is 0 Å². The molecule has 0 spiro atoms.